The van der Waals surface area contributed by atoms with E-state index < -0.39 is 6.10 Å². The van der Waals surface area contributed by atoms with Crippen molar-refractivity contribution in [1.82, 2.24) is 34.4 Å². The Balaban J connectivity index is 1.37. The average Bonchev–Trinajstić information content (AvgIpc) is 3.51. The molecular formula is C25H30N8O3. The Morgan fingerprint density at radius 1 is 1.19 bits per heavy atom. The number of anilines is 1. The lowest BCUT2D eigenvalue weighted by Crippen LogP contribution is -2.50. The van der Waals surface area contributed by atoms with Crippen LogP contribution in [0.4, 0.5) is 5.69 Å². The van der Waals surface area contributed by atoms with Gasteiger partial charge in [0.05, 0.1) is 42.9 Å². The van der Waals surface area contributed by atoms with Crippen LogP contribution in [0.1, 0.15) is 23.3 Å². The summed E-state index contributed by atoms with van der Waals surface area (Å²) in [6.45, 7) is 5.13. The van der Waals surface area contributed by atoms with Crippen LogP contribution in [0.2, 0.25) is 0 Å². The summed E-state index contributed by atoms with van der Waals surface area (Å²) in [5, 5.41) is 21.8. The van der Waals surface area contributed by atoms with Gasteiger partial charge in [0.25, 0.3) is 5.91 Å². The van der Waals surface area contributed by atoms with E-state index >= 15 is 0 Å². The molecule has 2 fully saturated rings. The summed E-state index contributed by atoms with van der Waals surface area (Å²) < 4.78 is 9.22. The van der Waals surface area contributed by atoms with Gasteiger partial charge < -0.3 is 25.0 Å². The van der Waals surface area contributed by atoms with Crippen LogP contribution in [-0.4, -0.2) is 92.1 Å². The number of hydrogen-bond acceptors (Lipinski definition) is 8. The van der Waals surface area contributed by atoms with Crippen LogP contribution in [0, 0.1) is 0 Å². The molecule has 0 spiro atoms. The second kappa shape index (κ2) is 9.49. The number of aliphatic hydroxyl groups is 1. The fourth-order valence-electron chi connectivity index (χ4n) is 4.90. The van der Waals surface area contributed by atoms with E-state index in [0.29, 0.717) is 23.5 Å². The zero-order valence-corrected chi connectivity index (χ0v) is 20.2. The van der Waals surface area contributed by atoms with E-state index in [1.807, 2.05) is 25.2 Å². The molecule has 4 aromatic rings. The van der Waals surface area contributed by atoms with Gasteiger partial charge in [-0.3, -0.25) is 9.69 Å². The Bertz CT molecular complexity index is 1410. The molecule has 36 heavy (non-hydrogen) atoms. The number of ether oxygens (including phenoxy) is 1. The van der Waals surface area contributed by atoms with Gasteiger partial charge in [-0.05, 0) is 31.0 Å². The lowest BCUT2D eigenvalue weighted by molar-refractivity contribution is 0.0365. The lowest BCUT2D eigenvalue weighted by Gasteiger charge is -2.32. The van der Waals surface area contributed by atoms with Crippen LogP contribution in [0.25, 0.3) is 27.9 Å². The third-order valence-electron chi connectivity index (χ3n) is 7.19. The number of imidazole rings is 1. The molecular weight excluding hydrogens is 460 g/mol. The SMILES string of the molecule is CNc1cc(-c2cn(CCN3CCOCC3)c3ncccc23)nn2c(C(=O)N[C@@H]3CC[C@@H]3O)cnc12. The molecule has 188 valence electrons. The third kappa shape index (κ3) is 4.08. The first-order valence-corrected chi connectivity index (χ1v) is 12.4. The molecule has 6 rings (SSSR count). The van der Waals surface area contributed by atoms with Crippen LogP contribution >= 0.6 is 0 Å². The van der Waals surface area contributed by atoms with E-state index in [2.05, 4.69) is 36.3 Å². The summed E-state index contributed by atoms with van der Waals surface area (Å²) in [6, 6.07) is 5.70. The van der Waals surface area contributed by atoms with Crippen molar-refractivity contribution in [3.05, 3.63) is 42.5 Å². The van der Waals surface area contributed by atoms with Crippen molar-refractivity contribution in [2.75, 3.05) is 45.2 Å². The molecule has 11 heteroatoms. The van der Waals surface area contributed by atoms with Gasteiger partial charge in [-0.2, -0.15) is 5.10 Å². The summed E-state index contributed by atoms with van der Waals surface area (Å²) >= 11 is 0. The van der Waals surface area contributed by atoms with Crippen LogP contribution < -0.4 is 10.6 Å². The van der Waals surface area contributed by atoms with Crippen LogP contribution in [0.15, 0.2) is 36.8 Å². The Morgan fingerprint density at radius 2 is 2.06 bits per heavy atom. The molecule has 4 aromatic heterocycles. The number of rotatable bonds is 7. The number of pyridine rings is 1. The summed E-state index contributed by atoms with van der Waals surface area (Å²) in [4.78, 5) is 24.5. The zero-order valence-electron chi connectivity index (χ0n) is 20.2. The van der Waals surface area contributed by atoms with Gasteiger partial charge in [0.15, 0.2) is 11.3 Å². The quantitative estimate of drug-likeness (QED) is 0.355. The fourth-order valence-corrected chi connectivity index (χ4v) is 4.90. The molecule has 3 N–H and O–H groups in total. The number of nitrogens with zero attached hydrogens (tertiary/aromatic N) is 6. The van der Waals surface area contributed by atoms with Gasteiger partial charge in [0, 0.05) is 56.6 Å². The molecule has 0 bridgehead atoms. The fraction of sp³-hybridized carbons (Fsp3) is 0.440. The average molecular weight is 491 g/mol. The Hall–Kier alpha value is -3.54. The normalized spacial score (nSPS) is 20.5. The number of hydrogen-bond donors (Lipinski definition) is 3. The molecule has 0 radical (unpaired) electrons. The minimum Gasteiger partial charge on any atom is -0.391 e. The first-order chi connectivity index (χ1) is 17.6. The minimum atomic E-state index is -0.499. The molecule has 2 aliphatic rings. The van der Waals surface area contributed by atoms with Crippen molar-refractivity contribution < 1.29 is 14.6 Å². The number of aromatic nitrogens is 5. The summed E-state index contributed by atoms with van der Waals surface area (Å²) in [5.74, 6) is -0.299. The summed E-state index contributed by atoms with van der Waals surface area (Å²) in [6.07, 6.45) is 6.39. The molecule has 5 heterocycles. The largest absolute Gasteiger partial charge is 0.391 e. The van der Waals surface area contributed by atoms with Gasteiger partial charge >= 0.3 is 0 Å². The van der Waals surface area contributed by atoms with E-state index in [-0.39, 0.29) is 11.9 Å². The van der Waals surface area contributed by atoms with Crippen molar-refractivity contribution in [2.24, 2.45) is 0 Å². The number of nitrogens with one attached hydrogen (secondary N) is 2. The smallest absolute Gasteiger partial charge is 0.271 e. The Kier molecular flexibility index (Phi) is 6.04. The number of carbonyl (C=O) groups is 1. The number of amides is 1. The van der Waals surface area contributed by atoms with Crippen LogP contribution in [0.5, 0.6) is 0 Å². The maximum Gasteiger partial charge on any atom is 0.271 e. The number of carbonyl (C=O) groups excluding carboxylic acids is 1. The molecule has 1 saturated heterocycles. The van der Waals surface area contributed by atoms with Gasteiger partial charge in [-0.25, -0.2) is 14.5 Å². The highest BCUT2D eigenvalue weighted by Crippen LogP contribution is 2.31. The molecule has 0 unspecified atom stereocenters. The van der Waals surface area contributed by atoms with Crippen LogP contribution in [0.3, 0.4) is 0 Å². The van der Waals surface area contributed by atoms with Crippen molar-refractivity contribution in [2.45, 2.75) is 31.5 Å². The molecule has 0 aromatic carbocycles. The highest BCUT2D eigenvalue weighted by Gasteiger charge is 2.31. The number of aliphatic hydroxyl groups excluding tert-OH is 1. The Labute approximate surface area is 208 Å². The topological polar surface area (TPSA) is 122 Å². The predicted octanol–water partition coefficient (Wildman–Crippen LogP) is 1.37. The first-order valence-electron chi connectivity index (χ1n) is 12.4. The molecule has 1 amide bonds. The van der Waals surface area contributed by atoms with Gasteiger partial charge in [0.1, 0.15) is 5.65 Å². The first kappa shape index (κ1) is 22.9. The maximum absolute atomic E-state index is 13.0. The van der Waals surface area contributed by atoms with E-state index in [1.54, 1.807) is 10.7 Å². The van der Waals surface area contributed by atoms with Gasteiger partial charge in [-0.1, -0.05) is 0 Å². The van der Waals surface area contributed by atoms with Gasteiger partial charge in [0.2, 0.25) is 0 Å². The lowest BCUT2D eigenvalue weighted by atomic mass is 9.89. The molecule has 1 aliphatic carbocycles. The second-order valence-electron chi connectivity index (χ2n) is 9.36. The van der Waals surface area contributed by atoms with Crippen molar-refractivity contribution in [1.29, 1.82) is 0 Å². The van der Waals surface area contributed by atoms with E-state index in [0.717, 1.165) is 68.1 Å². The van der Waals surface area contributed by atoms with E-state index in [9.17, 15) is 9.90 Å². The molecule has 2 atom stereocenters. The summed E-state index contributed by atoms with van der Waals surface area (Å²) in [5.41, 5.74) is 4.21. The van der Waals surface area contributed by atoms with Crippen molar-refractivity contribution >= 4 is 28.3 Å². The minimum absolute atomic E-state index is 0.231. The highest BCUT2D eigenvalue weighted by atomic mass is 16.5. The zero-order chi connectivity index (χ0) is 24.6. The number of morpholine rings is 1. The highest BCUT2D eigenvalue weighted by molar-refractivity contribution is 5.96. The molecule has 1 aliphatic heterocycles. The Morgan fingerprint density at radius 3 is 2.81 bits per heavy atom. The predicted molar refractivity (Wildman–Crippen MR) is 135 cm³/mol. The standard InChI is InChI=1S/C25H30N8O3/c1-26-20-13-19(30-33-21(14-28-24(20)33)25(35)29-18-4-5-22(18)34)17-15-32(23-16(17)3-2-6-27-23)8-7-31-9-11-36-12-10-31/h2-3,6,13-15,18,22,26,34H,4-5,7-12H2,1H3,(H,29,35)/t18-,22+/m1/s1. The second-order valence-corrected chi connectivity index (χ2v) is 9.36. The van der Waals surface area contributed by atoms with Gasteiger partial charge in [-0.15, -0.1) is 0 Å². The summed E-state index contributed by atoms with van der Waals surface area (Å²) in [7, 11) is 1.82. The number of fused-ring (bicyclic) bond motifs is 2. The van der Waals surface area contributed by atoms with E-state index in [4.69, 9.17) is 9.84 Å². The van der Waals surface area contributed by atoms with E-state index in [1.165, 1.54) is 6.20 Å². The molecule has 11 nitrogen and oxygen atoms in total. The molecule has 1 saturated carbocycles. The van der Waals surface area contributed by atoms with Crippen molar-refractivity contribution in [3.63, 3.8) is 0 Å². The monoisotopic (exact) mass is 490 g/mol. The third-order valence-corrected chi connectivity index (χ3v) is 7.19. The van der Waals surface area contributed by atoms with Crippen molar-refractivity contribution in [3.8, 4) is 11.3 Å². The maximum atomic E-state index is 13.0. The van der Waals surface area contributed by atoms with Crippen LogP contribution in [-0.2, 0) is 11.3 Å².